The summed E-state index contributed by atoms with van der Waals surface area (Å²) in [5.74, 6) is -0.302. The van der Waals surface area contributed by atoms with Crippen LogP contribution in [0, 0.1) is 17.1 Å². The predicted octanol–water partition coefficient (Wildman–Crippen LogP) is 3.58. The maximum Gasteiger partial charge on any atom is 0.260 e. The number of hydrogen-bond acceptors (Lipinski definition) is 6. The van der Waals surface area contributed by atoms with Gasteiger partial charge in [-0.15, -0.1) is 0 Å². The minimum Gasteiger partial charge on any atom is -0.497 e. The smallest absolute Gasteiger partial charge is 0.260 e. The highest BCUT2D eigenvalue weighted by Gasteiger charge is 2.16. The van der Waals surface area contributed by atoms with Crippen molar-refractivity contribution in [1.29, 1.82) is 5.26 Å². The lowest BCUT2D eigenvalue weighted by Crippen LogP contribution is -2.13. The number of halogens is 1. The van der Waals surface area contributed by atoms with Gasteiger partial charge in [-0.1, -0.05) is 11.3 Å². The highest BCUT2D eigenvalue weighted by molar-refractivity contribution is 7.22. The van der Waals surface area contributed by atoms with E-state index in [1.54, 1.807) is 12.1 Å². The van der Waals surface area contributed by atoms with Crippen molar-refractivity contribution in [2.75, 3.05) is 19.5 Å². The van der Waals surface area contributed by atoms with E-state index in [1.165, 1.54) is 37.7 Å². The molecule has 0 saturated heterocycles. The summed E-state index contributed by atoms with van der Waals surface area (Å²) in [4.78, 5) is 16.6. The molecule has 1 N–H and O–H groups in total. The quantitative estimate of drug-likeness (QED) is 0.771. The summed E-state index contributed by atoms with van der Waals surface area (Å²) in [6, 6.07) is 8.94. The van der Waals surface area contributed by atoms with Crippen LogP contribution in [0.25, 0.3) is 10.2 Å². The van der Waals surface area contributed by atoms with E-state index in [1.807, 2.05) is 6.07 Å². The van der Waals surface area contributed by atoms with Gasteiger partial charge in [-0.3, -0.25) is 10.1 Å². The van der Waals surface area contributed by atoms with E-state index >= 15 is 0 Å². The zero-order chi connectivity index (χ0) is 18.0. The Morgan fingerprint density at radius 1 is 1.28 bits per heavy atom. The average Bonchev–Trinajstić information content (AvgIpc) is 3.02. The van der Waals surface area contributed by atoms with E-state index in [9.17, 15) is 9.18 Å². The van der Waals surface area contributed by atoms with Crippen molar-refractivity contribution in [1.82, 2.24) is 4.98 Å². The summed E-state index contributed by atoms with van der Waals surface area (Å²) < 4.78 is 25.2. The second-order valence-electron chi connectivity index (χ2n) is 4.96. The maximum absolute atomic E-state index is 13.9. The summed E-state index contributed by atoms with van der Waals surface area (Å²) in [7, 11) is 3.05. The summed E-state index contributed by atoms with van der Waals surface area (Å²) >= 11 is 1.22. The van der Waals surface area contributed by atoms with E-state index in [0.717, 1.165) is 10.8 Å². The first-order valence-corrected chi connectivity index (χ1v) is 7.91. The number of amides is 1. The Hall–Kier alpha value is -3.18. The molecule has 0 fully saturated rings. The molecule has 3 rings (SSSR count). The second kappa shape index (κ2) is 6.75. The SMILES string of the molecule is COc1cc(OC)c2nc(NC(=O)c3ccc(C#N)cc3F)sc2c1. The number of aromatic nitrogens is 1. The molecule has 0 aliphatic carbocycles. The molecule has 0 saturated carbocycles. The Balaban J connectivity index is 1.93. The van der Waals surface area contributed by atoms with Gasteiger partial charge in [-0.25, -0.2) is 9.37 Å². The molecule has 0 radical (unpaired) electrons. The Kier molecular flexibility index (Phi) is 4.50. The number of hydrogen-bond donors (Lipinski definition) is 1. The summed E-state index contributed by atoms with van der Waals surface area (Å²) in [6.45, 7) is 0. The number of ether oxygens (including phenoxy) is 2. The van der Waals surface area contributed by atoms with Gasteiger partial charge in [0.05, 0.1) is 36.1 Å². The van der Waals surface area contributed by atoms with E-state index in [4.69, 9.17) is 14.7 Å². The maximum atomic E-state index is 13.9. The topological polar surface area (TPSA) is 84.2 Å². The van der Waals surface area contributed by atoms with Crippen molar-refractivity contribution in [3.05, 3.63) is 47.3 Å². The van der Waals surface area contributed by atoms with Crippen LogP contribution >= 0.6 is 11.3 Å². The fraction of sp³-hybridized carbons (Fsp3) is 0.118. The minimum absolute atomic E-state index is 0.144. The van der Waals surface area contributed by atoms with Crippen molar-refractivity contribution >= 4 is 32.6 Å². The Morgan fingerprint density at radius 3 is 2.72 bits per heavy atom. The van der Waals surface area contributed by atoms with Crippen LogP contribution in [-0.2, 0) is 0 Å². The van der Waals surface area contributed by atoms with Gasteiger partial charge in [0.15, 0.2) is 5.13 Å². The highest BCUT2D eigenvalue weighted by Crippen LogP contribution is 2.36. The van der Waals surface area contributed by atoms with Crippen LogP contribution in [0.3, 0.4) is 0 Å². The van der Waals surface area contributed by atoms with Gasteiger partial charge in [-0.2, -0.15) is 5.26 Å². The normalized spacial score (nSPS) is 10.3. The minimum atomic E-state index is -0.767. The molecule has 0 spiro atoms. The van der Waals surface area contributed by atoms with Gasteiger partial charge in [0, 0.05) is 6.07 Å². The summed E-state index contributed by atoms with van der Waals surface area (Å²) in [6.07, 6.45) is 0. The molecule has 8 heteroatoms. The lowest BCUT2D eigenvalue weighted by molar-refractivity contribution is 0.102. The van der Waals surface area contributed by atoms with Crippen molar-refractivity contribution < 1.29 is 18.7 Å². The van der Waals surface area contributed by atoms with Gasteiger partial charge in [0.2, 0.25) is 0 Å². The zero-order valence-corrected chi connectivity index (χ0v) is 14.1. The summed E-state index contributed by atoms with van der Waals surface area (Å²) in [5.41, 5.74) is 0.553. The fourth-order valence-corrected chi connectivity index (χ4v) is 3.14. The fourth-order valence-electron chi connectivity index (χ4n) is 2.23. The molecule has 0 atom stereocenters. The third kappa shape index (κ3) is 3.22. The molecule has 2 aromatic carbocycles. The van der Waals surface area contributed by atoms with Crippen molar-refractivity contribution in [3.63, 3.8) is 0 Å². The number of methoxy groups -OCH3 is 2. The zero-order valence-electron chi connectivity index (χ0n) is 13.3. The Bertz CT molecular complexity index is 1010. The molecule has 0 unspecified atom stereocenters. The Morgan fingerprint density at radius 2 is 2.08 bits per heavy atom. The van der Waals surface area contributed by atoms with E-state index in [-0.39, 0.29) is 11.1 Å². The first-order chi connectivity index (χ1) is 12.0. The number of carbonyl (C=O) groups is 1. The van der Waals surface area contributed by atoms with E-state index in [0.29, 0.717) is 22.1 Å². The first kappa shape index (κ1) is 16.7. The van der Waals surface area contributed by atoms with Gasteiger partial charge in [0.25, 0.3) is 5.91 Å². The lowest BCUT2D eigenvalue weighted by Gasteiger charge is -2.04. The number of nitrogens with one attached hydrogen (secondary N) is 1. The van der Waals surface area contributed by atoms with Gasteiger partial charge >= 0.3 is 0 Å². The van der Waals surface area contributed by atoms with Crippen molar-refractivity contribution in [2.45, 2.75) is 0 Å². The number of rotatable bonds is 4. The number of nitrogens with zero attached hydrogens (tertiary/aromatic N) is 2. The van der Waals surface area contributed by atoms with Crippen LogP contribution in [0.1, 0.15) is 15.9 Å². The largest absolute Gasteiger partial charge is 0.497 e. The molecule has 0 aliphatic heterocycles. The van der Waals surface area contributed by atoms with Gasteiger partial charge in [0.1, 0.15) is 22.8 Å². The van der Waals surface area contributed by atoms with Crippen LogP contribution in [0.5, 0.6) is 11.5 Å². The molecule has 25 heavy (non-hydrogen) atoms. The van der Waals surface area contributed by atoms with Crippen molar-refractivity contribution in [3.8, 4) is 17.6 Å². The molecule has 3 aromatic rings. The number of benzene rings is 2. The number of nitriles is 1. The van der Waals surface area contributed by atoms with Crippen LogP contribution in [0.15, 0.2) is 30.3 Å². The van der Waals surface area contributed by atoms with Crippen molar-refractivity contribution in [2.24, 2.45) is 0 Å². The summed E-state index contributed by atoms with van der Waals surface area (Å²) in [5, 5.41) is 11.6. The highest BCUT2D eigenvalue weighted by atomic mass is 32.1. The standard InChI is InChI=1S/C17H12FN3O3S/c1-23-10-6-13(24-2)15-14(7-10)25-17(20-15)21-16(22)11-4-3-9(8-19)5-12(11)18/h3-7H,1-2H3,(H,20,21,22). The van der Waals surface area contributed by atoms with Crippen LogP contribution in [-0.4, -0.2) is 25.1 Å². The molecule has 126 valence electrons. The molecule has 1 amide bonds. The number of fused-ring (bicyclic) bond motifs is 1. The molecule has 0 bridgehead atoms. The third-order valence-electron chi connectivity index (χ3n) is 3.45. The number of carbonyl (C=O) groups excluding carboxylic acids is 1. The predicted molar refractivity (Wildman–Crippen MR) is 91.8 cm³/mol. The molecule has 0 aliphatic rings. The first-order valence-electron chi connectivity index (χ1n) is 7.09. The van der Waals surface area contributed by atoms with Crippen LogP contribution in [0.4, 0.5) is 9.52 Å². The average molecular weight is 357 g/mol. The molecular formula is C17H12FN3O3S. The lowest BCUT2D eigenvalue weighted by atomic mass is 10.1. The van der Waals surface area contributed by atoms with Crippen LogP contribution < -0.4 is 14.8 Å². The molecular weight excluding hydrogens is 345 g/mol. The van der Waals surface area contributed by atoms with Gasteiger partial charge < -0.3 is 9.47 Å². The van der Waals surface area contributed by atoms with E-state index in [2.05, 4.69) is 10.3 Å². The monoisotopic (exact) mass is 357 g/mol. The second-order valence-corrected chi connectivity index (χ2v) is 5.99. The molecule has 6 nitrogen and oxygen atoms in total. The number of anilines is 1. The van der Waals surface area contributed by atoms with Gasteiger partial charge in [-0.05, 0) is 24.3 Å². The number of thiazole rings is 1. The molecule has 1 aromatic heterocycles. The Labute approximate surface area is 146 Å². The van der Waals surface area contributed by atoms with Crippen LogP contribution in [0.2, 0.25) is 0 Å². The molecule has 1 heterocycles. The van der Waals surface area contributed by atoms with E-state index < -0.39 is 11.7 Å². The third-order valence-corrected chi connectivity index (χ3v) is 4.37.